The number of hydrogen-bond donors (Lipinski definition) is 1. The first-order valence-electron chi connectivity index (χ1n) is 7.40. The molecule has 1 aliphatic rings. The number of hydrogen-bond acceptors (Lipinski definition) is 3. The summed E-state index contributed by atoms with van der Waals surface area (Å²) in [5.41, 5.74) is -0.253. The average molecular weight is 251 g/mol. The van der Waals surface area contributed by atoms with E-state index in [4.69, 9.17) is 0 Å². The maximum absolute atomic E-state index is 9.43. The molecule has 0 bridgehead atoms. The van der Waals surface area contributed by atoms with Gasteiger partial charge in [0, 0.05) is 6.54 Å². The molecule has 0 radical (unpaired) electrons. The Morgan fingerprint density at radius 1 is 1.50 bits per heavy atom. The molecule has 3 nitrogen and oxygen atoms in total. The van der Waals surface area contributed by atoms with Gasteiger partial charge in [0.25, 0.3) is 0 Å². The molecule has 0 aromatic rings. The molecule has 0 aromatic carbocycles. The molecule has 1 saturated carbocycles. The molecule has 1 rings (SSSR count). The fourth-order valence-electron chi connectivity index (χ4n) is 3.23. The van der Waals surface area contributed by atoms with Crippen LogP contribution in [0.3, 0.4) is 0 Å². The van der Waals surface area contributed by atoms with Gasteiger partial charge in [-0.2, -0.15) is 5.26 Å². The Morgan fingerprint density at radius 2 is 2.22 bits per heavy atom. The standard InChI is InChI=1S/C15H29N3/c1-5-18(11-13(2)3)10-8-14-7-6-9-15(14,12-16)17-4/h13-14,17H,5-11H2,1-4H3. The van der Waals surface area contributed by atoms with Crippen LogP contribution < -0.4 is 5.32 Å². The first kappa shape index (κ1) is 15.5. The number of nitriles is 1. The van der Waals surface area contributed by atoms with Crippen LogP contribution in [-0.4, -0.2) is 37.1 Å². The van der Waals surface area contributed by atoms with Crippen molar-refractivity contribution in [1.29, 1.82) is 5.26 Å². The summed E-state index contributed by atoms with van der Waals surface area (Å²) >= 11 is 0. The van der Waals surface area contributed by atoms with E-state index in [1.165, 1.54) is 19.4 Å². The van der Waals surface area contributed by atoms with Crippen molar-refractivity contribution in [3.05, 3.63) is 0 Å². The van der Waals surface area contributed by atoms with Gasteiger partial charge < -0.3 is 10.2 Å². The molecule has 0 aromatic heterocycles. The average Bonchev–Trinajstić information content (AvgIpc) is 2.77. The second-order valence-corrected chi connectivity index (χ2v) is 6.00. The summed E-state index contributed by atoms with van der Waals surface area (Å²) < 4.78 is 0. The van der Waals surface area contributed by atoms with Crippen LogP contribution in [0.1, 0.15) is 46.5 Å². The van der Waals surface area contributed by atoms with Crippen LogP contribution in [0.25, 0.3) is 0 Å². The van der Waals surface area contributed by atoms with Gasteiger partial charge in [0.2, 0.25) is 0 Å². The Balaban J connectivity index is 2.49. The third-order valence-corrected chi connectivity index (χ3v) is 4.33. The van der Waals surface area contributed by atoms with E-state index in [0.717, 1.165) is 31.8 Å². The zero-order valence-corrected chi connectivity index (χ0v) is 12.5. The molecule has 1 fully saturated rings. The Labute approximate surface area is 113 Å². The van der Waals surface area contributed by atoms with E-state index < -0.39 is 0 Å². The number of nitrogens with zero attached hydrogens (tertiary/aromatic N) is 2. The quantitative estimate of drug-likeness (QED) is 0.756. The molecule has 1 N–H and O–H groups in total. The van der Waals surface area contributed by atoms with Crippen molar-refractivity contribution in [1.82, 2.24) is 10.2 Å². The highest BCUT2D eigenvalue weighted by molar-refractivity contribution is 5.13. The van der Waals surface area contributed by atoms with Gasteiger partial charge in [0.1, 0.15) is 5.54 Å². The molecule has 0 heterocycles. The SMILES string of the molecule is CCN(CCC1CCCC1(C#N)NC)CC(C)C. The fourth-order valence-corrected chi connectivity index (χ4v) is 3.23. The van der Waals surface area contributed by atoms with Crippen LogP contribution in [0.15, 0.2) is 0 Å². The van der Waals surface area contributed by atoms with Crippen molar-refractivity contribution in [2.45, 2.75) is 52.0 Å². The maximum atomic E-state index is 9.43. The second-order valence-electron chi connectivity index (χ2n) is 6.00. The lowest BCUT2D eigenvalue weighted by Crippen LogP contribution is -2.46. The Bertz CT molecular complexity index is 282. The molecular formula is C15H29N3. The van der Waals surface area contributed by atoms with Gasteiger partial charge in [-0.05, 0) is 51.2 Å². The minimum atomic E-state index is -0.253. The highest BCUT2D eigenvalue weighted by Gasteiger charge is 2.41. The lowest BCUT2D eigenvalue weighted by atomic mass is 9.86. The van der Waals surface area contributed by atoms with Crippen molar-refractivity contribution in [2.75, 3.05) is 26.7 Å². The number of nitrogens with one attached hydrogen (secondary N) is 1. The summed E-state index contributed by atoms with van der Waals surface area (Å²) in [4.78, 5) is 2.51. The van der Waals surface area contributed by atoms with Gasteiger partial charge in [-0.3, -0.25) is 0 Å². The van der Waals surface area contributed by atoms with E-state index in [2.05, 4.69) is 37.1 Å². The number of rotatable bonds is 7. The minimum absolute atomic E-state index is 0.253. The molecule has 0 spiro atoms. The van der Waals surface area contributed by atoms with Crippen molar-refractivity contribution in [2.24, 2.45) is 11.8 Å². The van der Waals surface area contributed by atoms with Crippen molar-refractivity contribution in [3.8, 4) is 6.07 Å². The first-order valence-corrected chi connectivity index (χ1v) is 7.40. The van der Waals surface area contributed by atoms with Gasteiger partial charge in [0.15, 0.2) is 0 Å². The zero-order valence-electron chi connectivity index (χ0n) is 12.5. The van der Waals surface area contributed by atoms with E-state index >= 15 is 0 Å². The van der Waals surface area contributed by atoms with E-state index in [9.17, 15) is 5.26 Å². The normalized spacial score (nSPS) is 27.9. The highest BCUT2D eigenvalue weighted by Crippen LogP contribution is 2.37. The lowest BCUT2D eigenvalue weighted by Gasteiger charge is -2.30. The monoisotopic (exact) mass is 251 g/mol. The van der Waals surface area contributed by atoms with E-state index in [1.54, 1.807) is 0 Å². The van der Waals surface area contributed by atoms with Gasteiger partial charge in [0.05, 0.1) is 6.07 Å². The predicted octanol–water partition coefficient (Wildman–Crippen LogP) is 2.64. The van der Waals surface area contributed by atoms with Crippen LogP contribution in [0, 0.1) is 23.2 Å². The Morgan fingerprint density at radius 3 is 2.72 bits per heavy atom. The summed E-state index contributed by atoms with van der Waals surface area (Å²) in [6.45, 7) is 10.2. The summed E-state index contributed by atoms with van der Waals surface area (Å²) in [5, 5.41) is 12.7. The Kier molecular flexibility index (Phi) is 6.11. The van der Waals surface area contributed by atoms with Crippen molar-refractivity contribution in [3.63, 3.8) is 0 Å². The molecule has 3 heteroatoms. The molecule has 104 valence electrons. The van der Waals surface area contributed by atoms with E-state index in [1.807, 2.05) is 7.05 Å². The minimum Gasteiger partial charge on any atom is -0.303 e. The molecule has 0 amide bonds. The smallest absolute Gasteiger partial charge is 0.109 e. The molecule has 0 saturated heterocycles. The summed E-state index contributed by atoms with van der Waals surface area (Å²) in [6.07, 6.45) is 4.55. The largest absolute Gasteiger partial charge is 0.303 e. The first-order chi connectivity index (χ1) is 8.57. The van der Waals surface area contributed by atoms with Gasteiger partial charge >= 0.3 is 0 Å². The summed E-state index contributed by atoms with van der Waals surface area (Å²) in [6, 6.07) is 2.53. The highest BCUT2D eigenvalue weighted by atomic mass is 15.1. The topological polar surface area (TPSA) is 39.1 Å². The molecule has 2 unspecified atom stereocenters. The summed E-state index contributed by atoms with van der Waals surface area (Å²) in [5.74, 6) is 1.24. The van der Waals surface area contributed by atoms with Gasteiger partial charge in [-0.1, -0.05) is 27.2 Å². The molecular weight excluding hydrogens is 222 g/mol. The molecule has 0 aliphatic heterocycles. The third kappa shape index (κ3) is 3.70. The van der Waals surface area contributed by atoms with Crippen LogP contribution >= 0.6 is 0 Å². The van der Waals surface area contributed by atoms with Crippen molar-refractivity contribution >= 4 is 0 Å². The maximum Gasteiger partial charge on any atom is 0.109 e. The van der Waals surface area contributed by atoms with E-state index in [-0.39, 0.29) is 5.54 Å². The predicted molar refractivity (Wildman–Crippen MR) is 76.3 cm³/mol. The second kappa shape index (κ2) is 7.11. The third-order valence-electron chi connectivity index (χ3n) is 4.33. The zero-order chi connectivity index (χ0) is 13.6. The lowest BCUT2D eigenvalue weighted by molar-refractivity contribution is 0.216. The van der Waals surface area contributed by atoms with Crippen LogP contribution in [0.5, 0.6) is 0 Å². The molecule has 1 aliphatic carbocycles. The molecule has 2 atom stereocenters. The summed E-state index contributed by atoms with van der Waals surface area (Å²) in [7, 11) is 1.94. The van der Waals surface area contributed by atoms with Crippen LogP contribution in [-0.2, 0) is 0 Å². The van der Waals surface area contributed by atoms with Gasteiger partial charge in [-0.15, -0.1) is 0 Å². The molecule has 18 heavy (non-hydrogen) atoms. The Hall–Kier alpha value is -0.590. The van der Waals surface area contributed by atoms with Gasteiger partial charge in [-0.25, -0.2) is 0 Å². The van der Waals surface area contributed by atoms with E-state index in [0.29, 0.717) is 5.92 Å². The fraction of sp³-hybridized carbons (Fsp3) is 0.933. The van der Waals surface area contributed by atoms with Crippen molar-refractivity contribution < 1.29 is 0 Å². The van der Waals surface area contributed by atoms with Crippen LogP contribution in [0.4, 0.5) is 0 Å². The van der Waals surface area contributed by atoms with Crippen LogP contribution in [0.2, 0.25) is 0 Å².